The molecule has 0 saturated heterocycles. The van der Waals surface area contributed by atoms with Crippen molar-refractivity contribution < 1.29 is 78.3 Å². The number of carboxylic acid groups (broad SMARTS) is 2. The van der Waals surface area contributed by atoms with E-state index in [0.717, 1.165) is 24.8 Å². The molecule has 522 valence electrons. The fourth-order valence-electron chi connectivity index (χ4n) is 11.2. The van der Waals surface area contributed by atoms with Crippen molar-refractivity contribution in [2.24, 2.45) is 28.3 Å². The number of hydrogen-bond acceptors (Lipinski definition) is 15. The number of carboxylic acids is 2. The largest absolute Gasteiger partial charge is 0.508 e. The van der Waals surface area contributed by atoms with Crippen LogP contribution in [-0.4, -0.2) is 176 Å². The van der Waals surface area contributed by atoms with Gasteiger partial charge < -0.3 is 89.8 Å². The Morgan fingerprint density at radius 2 is 1.02 bits per heavy atom. The number of para-hydroxylation sites is 1. The van der Waals surface area contributed by atoms with Gasteiger partial charge in [0, 0.05) is 48.5 Å². The summed E-state index contributed by atoms with van der Waals surface area (Å²) < 4.78 is 0. The van der Waals surface area contributed by atoms with Crippen molar-refractivity contribution in [1.82, 2.24) is 52.8 Å². The Morgan fingerprint density at radius 3 is 1.60 bits per heavy atom. The van der Waals surface area contributed by atoms with Gasteiger partial charge in [-0.3, -0.25) is 52.9 Å². The molecule has 1 fully saturated rings. The van der Waals surface area contributed by atoms with Crippen molar-refractivity contribution >= 4 is 82.0 Å². The summed E-state index contributed by atoms with van der Waals surface area (Å²) in [6.07, 6.45) is 3.97. The number of nitrogens with one attached hydrogen (secondary N) is 10. The molecule has 19 N–H and O–H groups in total. The second kappa shape index (κ2) is 37.6. The van der Waals surface area contributed by atoms with Gasteiger partial charge in [-0.2, -0.15) is 0 Å². The Bertz CT molecular complexity index is 3540. The number of nitrogens with zero attached hydrogens (tertiary/aromatic N) is 1. The molecule has 4 aromatic carbocycles. The highest BCUT2D eigenvalue weighted by Gasteiger charge is 2.37. The summed E-state index contributed by atoms with van der Waals surface area (Å²) in [4.78, 5) is 160. The van der Waals surface area contributed by atoms with E-state index in [1.54, 1.807) is 86.8 Å². The van der Waals surface area contributed by atoms with Crippen LogP contribution in [0.15, 0.2) is 114 Å². The molecule has 97 heavy (non-hydrogen) atoms. The Labute approximate surface area is 560 Å². The highest BCUT2D eigenvalue weighted by molar-refractivity contribution is 6.01. The quantitative estimate of drug-likeness (QED) is 0.0146. The third-order valence-corrected chi connectivity index (χ3v) is 16.4. The Morgan fingerprint density at radius 1 is 0.536 bits per heavy atom. The number of amides is 9. The SMILES string of the molecule is Cc1ccc(C(=O)NC(CC(=O)O)C(=O)N[C@@H](CC2CCCCC2)C(=O)NC(Cc2ccccc2)C(=O)NC(CO)C(=O)NC(CCCN=C(N)N)C(=O)N[C@@H](Cc2ccc(O)cc2)C(=O)N[C@@H](CC(C)C)C(=O)N[C@@H](Cc2c[nH]c3ccccc23)C(=O)N[C@@H](CO)C(=O)O)cc1. The zero-order valence-electron chi connectivity index (χ0n) is 54.4. The lowest BCUT2D eigenvalue weighted by atomic mass is 9.84. The normalized spacial score (nSPS) is 15.0. The zero-order valence-corrected chi connectivity index (χ0v) is 54.4. The van der Waals surface area contributed by atoms with E-state index in [-0.39, 0.29) is 80.6 Å². The number of carbonyl (C=O) groups excluding carboxylic acids is 9. The summed E-state index contributed by atoms with van der Waals surface area (Å²) in [5.74, 6) is -12.2. The van der Waals surface area contributed by atoms with E-state index in [9.17, 15) is 78.3 Å². The molecule has 1 aliphatic carbocycles. The predicted molar refractivity (Wildman–Crippen MR) is 356 cm³/mol. The van der Waals surface area contributed by atoms with Crippen LogP contribution in [0.2, 0.25) is 0 Å². The topological polar surface area (TPSA) is 477 Å². The van der Waals surface area contributed by atoms with Crippen molar-refractivity contribution in [2.45, 2.75) is 159 Å². The number of phenolic OH excluding ortho intramolecular Hbond substituents is 1. The lowest BCUT2D eigenvalue weighted by Gasteiger charge is -2.30. The number of nitrogens with two attached hydrogens (primary N) is 2. The van der Waals surface area contributed by atoms with Crippen LogP contribution in [0.25, 0.3) is 10.9 Å². The first-order valence-corrected chi connectivity index (χ1v) is 32.2. The number of aliphatic hydroxyl groups excluding tert-OH is 2. The molecular weight excluding hydrogens is 1250 g/mol. The van der Waals surface area contributed by atoms with Crippen LogP contribution in [0.1, 0.15) is 111 Å². The first-order chi connectivity index (χ1) is 46.3. The van der Waals surface area contributed by atoms with Gasteiger partial charge in [0.2, 0.25) is 47.3 Å². The maximum Gasteiger partial charge on any atom is 0.328 e. The molecule has 1 saturated carbocycles. The number of aromatic hydroxyl groups is 1. The summed E-state index contributed by atoms with van der Waals surface area (Å²) in [7, 11) is 0. The Kier molecular flexibility index (Phi) is 29.3. The number of aliphatic imine (C=N–C) groups is 1. The number of rotatable bonds is 37. The maximum absolute atomic E-state index is 14.8. The number of aliphatic carboxylic acids is 2. The third-order valence-electron chi connectivity index (χ3n) is 16.4. The van der Waals surface area contributed by atoms with Crippen LogP contribution in [0.3, 0.4) is 0 Å². The van der Waals surface area contributed by atoms with E-state index in [4.69, 9.17) is 11.5 Å². The van der Waals surface area contributed by atoms with Gasteiger partial charge >= 0.3 is 11.9 Å². The number of H-pyrrole nitrogens is 1. The lowest BCUT2D eigenvalue weighted by Crippen LogP contribution is -2.61. The van der Waals surface area contributed by atoms with Crippen molar-refractivity contribution in [3.63, 3.8) is 0 Å². The average molecular weight is 1340 g/mol. The van der Waals surface area contributed by atoms with Crippen LogP contribution in [0, 0.1) is 18.8 Å². The standard InChI is InChI=1S/C68H89N13O16/c1-38(2)29-49(60(89)79-53(64(93)81-56(37-83)67(96)97)33-44-35-72-47-18-11-10-17-46(44)47)75-61(90)52(32-42-22-26-45(84)27-23-42)76-59(88)48(19-12-28-71-68(69)70)73-66(95)55(36-82)80-63(92)51(31-41-15-8-5-9-16-41)77-62(91)50(30-40-13-6-4-7-14-40)78-65(94)54(34-57(85)86)74-58(87)43-24-20-39(3)21-25-43/h5,8-11,15-18,20-27,35,38,40,48-56,72,82-84H,4,6-7,12-14,19,28-34,36-37H2,1-3H3,(H,73,95)(H,74,87)(H,75,90)(H,76,88)(H,77,91)(H,78,94)(H,79,89)(H,80,92)(H,81,93)(H,85,86)(H,96,97)(H4,69,70,71)/t48?,49-,50-,51?,52-,53-,54?,55?,56-/m0/s1. The molecule has 0 bridgehead atoms. The maximum atomic E-state index is 14.8. The second-order valence-electron chi connectivity index (χ2n) is 24.6. The van der Waals surface area contributed by atoms with Gasteiger partial charge in [0.1, 0.15) is 60.1 Å². The van der Waals surface area contributed by atoms with Gasteiger partial charge in [0.05, 0.1) is 19.6 Å². The fourth-order valence-corrected chi connectivity index (χ4v) is 11.2. The molecule has 1 heterocycles. The Balaban J connectivity index is 1.25. The molecule has 6 rings (SSSR count). The van der Waals surface area contributed by atoms with Crippen LogP contribution >= 0.6 is 0 Å². The molecule has 0 aliphatic heterocycles. The van der Waals surface area contributed by atoms with Gasteiger partial charge in [-0.05, 0) is 91.5 Å². The smallest absolute Gasteiger partial charge is 0.328 e. The minimum atomic E-state index is -1.82. The van der Waals surface area contributed by atoms with Crippen molar-refractivity contribution in [1.29, 1.82) is 0 Å². The van der Waals surface area contributed by atoms with Crippen molar-refractivity contribution in [2.75, 3.05) is 19.8 Å². The molecule has 0 spiro atoms. The van der Waals surface area contributed by atoms with E-state index in [0.29, 0.717) is 40.4 Å². The number of guanidine groups is 1. The molecule has 4 unspecified atom stereocenters. The molecule has 5 aromatic rings. The summed E-state index contributed by atoms with van der Waals surface area (Å²) in [6, 6.07) is 13.4. The van der Waals surface area contributed by atoms with E-state index in [1.807, 2.05) is 6.92 Å². The first-order valence-electron chi connectivity index (χ1n) is 32.2. The van der Waals surface area contributed by atoms with Crippen molar-refractivity contribution in [3.8, 4) is 5.75 Å². The van der Waals surface area contributed by atoms with Gasteiger partial charge in [0.15, 0.2) is 5.96 Å². The number of aromatic nitrogens is 1. The van der Waals surface area contributed by atoms with Gasteiger partial charge in [0.25, 0.3) is 5.91 Å². The van der Waals surface area contributed by atoms with Crippen LogP contribution < -0.4 is 59.3 Å². The van der Waals surface area contributed by atoms with E-state index >= 15 is 0 Å². The molecule has 9 amide bonds. The zero-order chi connectivity index (χ0) is 70.7. The minimum absolute atomic E-state index is 0.0244. The minimum Gasteiger partial charge on any atom is -0.508 e. The van der Waals surface area contributed by atoms with Gasteiger partial charge in [-0.15, -0.1) is 0 Å². The number of phenols is 1. The number of aliphatic hydroxyl groups is 2. The first kappa shape index (κ1) is 75.6. The third kappa shape index (κ3) is 24.4. The fraction of sp³-hybridized carbons (Fsp3) is 0.441. The molecule has 9 atom stereocenters. The molecule has 1 aromatic heterocycles. The van der Waals surface area contributed by atoms with Crippen LogP contribution in [-0.2, 0) is 67.2 Å². The summed E-state index contributed by atoms with van der Waals surface area (Å²) in [5, 5.41) is 74.1. The number of aromatic amines is 1. The molecule has 0 radical (unpaired) electrons. The highest BCUT2D eigenvalue weighted by Crippen LogP contribution is 2.28. The van der Waals surface area contributed by atoms with Gasteiger partial charge in [-0.1, -0.05) is 124 Å². The van der Waals surface area contributed by atoms with E-state index in [1.165, 1.54) is 36.4 Å². The lowest BCUT2D eigenvalue weighted by molar-refractivity contribution is -0.143. The highest BCUT2D eigenvalue weighted by atomic mass is 16.4. The van der Waals surface area contributed by atoms with Crippen LogP contribution in [0.5, 0.6) is 5.75 Å². The molecular formula is C68H89N13O16. The molecule has 29 heteroatoms. The second-order valence-corrected chi connectivity index (χ2v) is 24.6. The van der Waals surface area contributed by atoms with Gasteiger partial charge in [-0.25, -0.2) is 4.79 Å². The number of benzene rings is 4. The van der Waals surface area contributed by atoms with E-state index in [2.05, 4.69) is 57.8 Å². The summed E-state index contributed by atoms with van der Waals surface area (Å²) in [5.41, 5.74) is 14.4. The number of fused-ring (bicyclic) bond motifs is 1. The van der Waals surface area contributed by atoms with Crippen molar-refractivity contribution in [3.05, 3.63) is 137 Å². The number of hydrogen-bond donors (Lipinski definition) is 17. The summed E-state index contributed by atoms with van der Waals surface area (Å²) in [6.45, 7) is 3.22. The van der Waals surface area contributed by atoms with Crippen LogP contribution in [0.4, 0.5) is 0 Å². The molecule has 29 nitrogen and oxygen atoms in total. The number of aryl methyl sites for hydroxylation is 1. The predicted octanol–water partition coefficient (Wildman–Crippen LogP) is 0.501. The van der Waals surface area contributed by atoms with E-state index < -0.39 is 139 Å². The monoisotopic (exact) mass is 1340 g/mol. The summed E-state index contributed by atoms with van der Waals surface area (Å²) >= 11 is 0. The number of carbonyl (C=O) groups is 11. The molecule has 1 aliphatic rings. The Hall–Kier alpha value is -10.4. The average Bonchev–Trinajstić information content (AvgIpc) is 1.55.